The van der Waals surface area contributed by atoms with Gasteiger partial charge < -0.3 is 5.32 Å². The third-order valence-corrected chi connectivity index (χ3v) is 3.42. The number of aromatic nitrogens is 2. The number of nitrogens with zero attached hydrogens (tertiary/aromatic N) is 3. The van der Waals surface area contributed by atoms with E-state index in [0.29, 0.717) is 10.7 Å². The second-order valence-electron chi connectivity index (χ2n) is 4.44. The minimum atomic E-state index is -0.0682. The third kappa shape index (κ3) is 3.03. The first-order chi connectivity index (χ1) is 10.1. The van der Waals surface area contributed by atoms with Crippen molar-refractivity contribution in [1.29, 1.82) is 0 Å². The first-order valence-corrected chi connectivity index (χ1v) is 6.82. The molecule has 7 heteroatoms. The van der Waals surface area contributed by atoms with Crippen molar-refractivity contribution in [2.24, 2.45) is 12.1 Å². The summed E-state index contributed by atoms with van der Waals surface area (Å²) < 4.78 is 3.37. The molecule has 2 N–H and O–H groups in total. The van der Waals surface area contributed by atoms with Crippen LogP contribution in [0.25, 0.3) is 5.69 Å². The molecule has 0 fully saturated rings. The summed E-state index contributed by atoms with van der Waals surface area (Å²) in [6.07, 6.45) is 1.58. The van der Waals surface area contributed by atoms with Gasteiger partial charge in [0.2, 0.25) is 0 Å². The fourth-order valence-corrected chi connectivity index (χ4v) is 2.06. The molecule has 0 saturated heterocycles. The summed E-state index contributed by atoms with van der Waals surface area (Å²) in [6, 6.07) is 9.47. The zero-order valence-corrected chi connectivity index (χ0v) is 12.9. The summed E-state index contributed by atoms with van der Waals surface area (Å²) in [5, 5.41) is 7.20. The number of hydrazone groups is 1. The van der Waals surface area contributed by atoms with Crippen LogP contribution in [0.2, 0.25) is 0 Å². The van der Waals surface area contributed by atoms with Gasteiger partial charge in [0.1, 0.15) is 0 Å². The molecule has 0 aliphatic rings. The number of para-hydroxylation sites is 1. The summed E-state index contributed by atoms with van der Waals surface area (Å²) in [7, 11) is 3.52. The molecule has 110 valence electrons. The summed E-state index contributed by atoms with van der Waals surface area (Å²) in [4.78, 5) is 12.4. The van der Waals surface area contributed by atoms with Crippen molar-refractivity contribution in [2.45, 2.75) is 6.92 Å². The Hall–Kier alpha value is -2.41. The van der Waals surface area contributed by atoms with Gasteiger partial charge in [0.25, 0.3) is 5.56 Å². The first kappa shape index (κ1) is 15.0. The Morgan fingerprint density at radius 2 is 2.00 bits per heavy atom. The molecule has 0 atom stereocenters. The second-order valence-corrected chi connectivity index (χ2v) is 4.84. The minimum absolute atomic E-state index is 0.0682. The van der Waals surface area contributed by atoms with E-state index < -0.39 is 0 Å². The Morgan fingerprint density at radius 3 is 2.62 bits per heavy atom. The number of nitrogens with one attached hydrogen (secondary N) is 2. The van der Waals surface area contributed by atoms with E-state index in [9.17, 15) is 4.79 Å². The number of thiocarbonyl (C=S) groups is 1. The average molecular weight is 303 g/mol. The molecule has 0 saturated carbocycles. The van der Waals surface area contributed by atoms with E-state index in [-0.39, 0.29) is 5.56 Å². The van der Waals surface area contributed by atoms with Crippen molar-refractivity contribution in [1.82, 2.24) is 20.1 Å². The molecular formula is C14H17N5OS. The molecule has 1 aromatic carbocycles. The zero-order chi connectivity index (χ0) is 15.4. The zero-order valence-electron chi connectivity index (χ0n) is 12.1. The van der Waals surface area contributed by atoms with Gasteiger partial charge in [0.15, 0.2) is 5.11 Å². The predicted octanol–water partition coefficient (Wildman–Crippen LogP) is 0.912. The molecule has 0 radical (unpaired) electrons. The molecule has 2 rings (SSSR count). The number of rotatable bonds is 3. The number of benzene rings is 1. The minimum Gasteiger partial charge on any atom is -0.364 e. The smallest absolute Gasteiger partial charge is 0.274 e. The molecule has 0 amide bonds. The van der Waals surface area contributed by atoms with Crippen LogP contribution in [0.5, 0.6) is 0 Å². The van der Waals surface area contributed by atoms with Gasteiger partial charge in [-0.25, -0.2) is 4.68 Å². The van der Waals surface area contributed by atoms with Gasteiger partial charge in [0.05, 0.1) is 17.6 Å². The van der Waals surface area contributed by atoms with Crippen LogP contribution < -0.4 is 16.3 Å². The highest BCUT2D eigenvalue weighted by Crippen LogP contribution is 2.08. The van der Waals surface area contributed by atoms with Gasteiger partial charge in [-0.05, 0) is 31.3 Å². The van der Waals surface area contributed by atoms with E-state index in [1.54, 1.807) is 29.5 Å². The second kappa shape index (κ2) is 6.36. The van der Waals surface area contributed by atoms with Crippen molar-refractivity contribution in [3.8, 4) is 5.69 Å². The summed E-state index contributed by atoms with van der Waals surface area (Å²) in [5.41, 5.74) is 4.76. The molecule has 0 spiro atoms. The molecule has 1 heterocycles. The Bertz CT molecular complexity index is 730. The Kier molecular flexibility index (Phi) is 4.54. The molecule has 0 bridgehead atoms. The first-order valence-electron chi connectivity index (χ1n) is 6.41. The van der Waals surface area contributed by atoms with Crippen molar-refractivity contribution in [3.63, 3.8) is 0 Å². The van der Waals surface area contributed by atoms with Crippen molar-refractivity contribution in [3.05, 3.63) is 51.9 Å². The quantitative estimate of drug-likeness (QED) is 0.503. The molecule has 0 unspecified atom stereocenters. The number of hydrogen-bond acceptors (Lipinski definition) is 3. The third-order valence-electron chi connectivity index (χ3n) is 3.13. The highest BCUT2D eigenvalue weighted by molar-refractivity contribution is 7.80. The van der Waals surface area contributed by atoms with Gasteiger partial charge in [0, 0.05) is 19.7 Å². The molecule has 2 aromatic rings. The fourth-order valence-electron chi connectivity index (χ4n) is 2.00. The monoisotopic (exact) mass is 303 g/mol. The van der Waals surface area contributed by atoms with E-state index in [4.69, 9.17) is 12.2 Å². The summed E-state index contributed by atoms with van der Waals surface area (Å²) in [6.45, 7) is 1.78. The lowest BCUT2D eigenvalue weighted by molar-refractivity contribution is 0.642. The molecule has 21 heavy (non-hydrogen) atoms. The Balaban J connectivity index is 2.42. The van der Waals surface area contributed by atoms with Crippen LogP contribution in [0.15, 0.2) is 40.2 Å². The van der Waals surface area contributed by atoms with Crippen LogP contribution in [0, 0.1) is 6.92 Å². The Morgan fingerprint density at radius 1 is 1.33 bits per heavy atom. The van der Waals surface area contributed by atoms with Crippen LogP contribution in [-0.2, 0) is 7.05 Å². The largest absolute Gasteiger partial charge is 0.364 e. The lowest BCUT2D eigenvalue weighted by atomic mass is 10.3. The van der Waals surface area contributed by atoms with Crippen molar-refractivity contribution >= 4 is 23.5 Å². The molecular weight excluding hydrogens is 286 g/mol. The van der Waals surface area contributed by atoms with Gasteiger partial charge in [-0.3, -0.25) is 14.9 Å². The SMILES string of the molecule is CNC(=S)N/N=C\c1c(C)c(=O)n(-c2ccccc2)n1C. The van der Waals surface area contributed by atoms with E-state index in [1.807, 2.05) is 37.4 Å². The lowest BCUT2D eigenvalue weighted by Crippen LogP contribution is -2.28. The molecule has 0 aliphatic heterocycles. The van der Waals surface area contributed by atoms with Gasteiger partial charge >= 0.3 is 0 Å². The van der Waals surface area contributed by atoms with Crippen LogP contribution in [-0.4, -0.2) is 27.7 Å². The van der Waals surface area contributed by atoms with Gasteiger partial charge in [-0.15, -0.1) is 0 Å². The molecule has 6 nitrogen and oxygen atoms in total. The van der Waals surface area contributed by atoms with E-state index in [1.165, 1.54) is 0 Å². The molecule has 1 aromatic heterocycles. The fraction of sp³-hybridized carbons (Fsp3) is 0.214. The maximum Gasteiger partial charge on any atom is 0.274 e. The maximum absolute atomic E-state index is 12.4. The van der Waals surface area contributed by atoms with Gasteiger partial charge in [-0.1, -0.05) is 18.2 Å². The highest BCUT2D eigenvalue weighted by atomic mass is 32.1. The summed E-state index contributed by atoms with van der Waals surface area (Å²) in [5.74, 6) is 0. The topological polar surface area (TPSA) is 63.4 Å². The van der Waals surface area contributed by atoms with Crippen LogP contribution >= 0.6 is 12.2 Å². The van der Waals surface area contributed by atoms with Crippen molar-refractivity contribution in [2.75, 3.05) is 7.05 Å². The van der Waals surface area contributed by atoms with E-state index in [0.717, 1.165) is 11.4 Å². The number of hydrogen-bond donors (Lipinski definition) is 2. The van der Waals surface area contributed by atoms with Crippen LogP contribution in [0.4, 0.5) is 0 Å². The van der Waals surface area contributed by atoms with Crippen molar-refractivity contribution < 1.29 is 0 Å². The maximum atomic E-state index is 12.4. The summed E-state index contributed by atoms with van der Waals surface area (Å²) >= 11 is 4.93. The van der Waals surface area contributed by atoms with Crippen LogP contribution in [0.3, 0.4) is 0 Å². The van der Waals surface area contributed by atoms with Gasteiger partial charge in [-0.2, -0.15) is 5.10 Å². The Labute approximate surface area is 128 Å². The van der Waals surface area contributed by atoms with Crippen LogP contribution in [0.1, 0.15) is 11.3 Å². The highest BCUT2D eigenvalue weighted by Gasteiger charge is 2.13. The average Bonchev–Trinajstić information content (AvgIpc) is 2.71. The predicted molar refractivity (Wildman–Crippen MR) is 88.1 cm³/mol. The van der Waals surface area contributed by atoms with E-state index in [2.05, 4.69) is 15.8 Å². The standard InChI is InChI=1S/C14H17N5OS/c1-10-12(9-16-17-14(21)15-2)18(3)19(13(10)20)11-7-5-4-6-8-11/h4-9H,1-3H3,(H2,15,17,21)/b16-9-. The van der Waals surface area contributed by atoms with E-state index >= 15 is 0 Å². The normalized spacial score (nSPS) is 10.8. The molecule has 0 aliphatic carbocycles. The lowest BCUT2D eigenvalue weighted by Gasteiger charge is -2.08.